The molecule has 235 valence electrons. The molecule has 2 aromatic rings. The van der Waals surface area contributed by atoms with Gasteiger partial charge in [0.25, 0.3) is 0 Å². The Balaban J connectivity index is 1.08. The quantitative estimate of drug-likeness (QED) is 0.402. The van der Waals surface area contributed by atoms with Crippen LogP contribution < -0.4 is 20.9 Å². The zero-order valence-corrected chi connectivity index (χ0v) is 26.5. The highest BCUT2D eigenvalue weighted by Crippen LogP contribution is 2.31. The molecule has 1 unspecified atom stereocenters. The molecule has 44 heavy (non-hydrogen) atoms. The van der Waals surface area contributed by atoms with Crippen LogP contribution in [0.3, 0.4) is 0 Å². The van der Waals surface area contributed by atoms with Crippen LogP contribution in [-0.4, -0.2) is 79.1 Å². The number of carbonyl (C=O) groups excluding carboxylic acids is 3. The maximum atomic E-state index is 14.0. The van der Waals surface area contributed by atoms with Gasteiger partial charge in [0, 0.05) is 55.6 Å². The van der Waals surface area contributed by atoms with Crippen molar-refractivity contribution in [1.29, 1.82) is 0 Å². The number of anilines is 1. The Kier molecular flexibility index (Phi) is 9.74. The zero-order valence-electron chi connectivity index (χ0n) is 25.7. The highest BCUT2D eigenvalue weighted by molar-refractivity contribution is 6.31. The number of halogens is 1. The summed E-state index contributed by atoms with van der Waals surface area (Å²) in [5.74, 6) is 1.41. The van der Waals surface area contributed by atoms with Crippen LogP contribution in [-0.2, 0) is 17.8 Å². The first-order valence-corrected chi connectivity index (χ1v) is 16.7. The number of hydrogen-bond acceptors (Lipinski definition) is 4. The summed E-state index contributed by atoms with van der Waals surface area (Å²) in [6, 6.07) is 12.8. The number of nitrogens with zero attached hydrogens (tertiary/aromatic N) is 3. The SMILES string of the molecule is Cc1cc(CC(NC(=O)N2CCC(N3Cc4ccccc4NC3=O)CC2)C(=O)[N+]2CCC(C3CCNCC3)CC2)ccc1Cl. The van der Waals surface area contributed by atoms with Gasteiger partial charge in [0.05, 0.1) is 0 Å². The van der Waals surface area contributed by atoms with Crippen LogP contribution >= 0.6 is 11.6 Å². The third kappa shape index (κ3) is 7.05. The Morgan fingerprint density at radius 1 is 1.00 bits per heavy atom. The van der Waals surface area contributed by atoms with E-state index >= 15 is 0 Å². The molecule has 0 saturated carbocycles. The van der Waals surface area contributed by atoms with Gasteiger partial charge in [0.1, 0.15) is 13.1 Å². The maximum Gasteiger partial charge on any atom is 0.383 e. The van der Waals surface area contributed by atoms with E-state index in [1.807, 2.05) is 59.2 Å². The number of para-hydroxylation sites is 1. The van der Waals surface area contributed by atoms with E-state index in [2.05, 4.69) is 16.0 Å². The zero-order chi connectivity index (χ0) is 30.6. The van der Waals surface area contributed by atoms with Crippen LogP contribution in [0.5, 0.6) is 0 Å². The number of hydrogen-bond donors (Lipinski definition) is 3. The minimum Gasteiger partial charge on any atom is -0.325 e. The van der Waals surface area contributed by atoms with Crippen molar-refractivity contribution in [2.24, 2.45) is 11.8 Å². The molecule has 2 aromatic carbocycles. The first kappa shape index (κ1) is 30.9. The molecule has 3 fully saturated rings. The molecule has 0 spiro atoms. The lowest BCUT2D eigenvalue weighted by atomic mass is 9.79. The van der Waals surface area contributed by atoms with Gasteiger partial charge in [-0.1, -0.05) is 41.9 Å². The largest absolute Gasteiger partial charge is 0.383 e. The van der Waals surface area contributed by atoms with Gasteiger partial charge >= 0.3 is 18.0 Å². The third-order valence-corrected chi connectivity index (χ3v) is 10.6. The fourth-order valence-corrected chi connectivity index (χ4v) is 7.65. The molecule has 0 bridgehead atoms. The summed E-state index contributed by atoms with van der Waals surface area (Å²) in [6.45, 7) is 7.26. The molecular weight excluding hydrogens is 576 g/mol. The first-order valence-electron chi connectivity index (χ1n) is 16.3. The number of amides is 5. The van der Waals surface area contributed by atoms with Crippen molar-refractivity contribution in [2.45, 2.75) is 70.5 Å². The summed E-state index contributed by atoms with van der Waals surface area (Å²) in [5, 5.41) is 10.3. The molecule has 3 N–H and O–H groups in total. The van der Waals surface area contributed by atoms with E-state index < -0.39 is 6.04 Å². The fraction of sp³-hybridized carbons (Fsp3) is 0.559. The number of benzene rings is 2. The van der Waals surface area contributed by atoms with Crippen LogP contribution in [0.25, 0.3) is 0 Å². The fourth-order valence-electron chi connectivity index (χ4n) is 7.54. The number of fused-ring (bicyclic) bond motifs is 1. The summed E-state index contributed by atoms with van der Waals surface area (Å²) in [5.41, 5.74) is 3.90. The molecule has 3 saturated heterocycles. The Labute approximate surface area is 265 Å². The molecule has 9 nitrogen and oxygen atoms in total. The average molecular weight is 621 g/mol. The molecule has 1 atom stereocenters. The Morgan fingerprint density at radius 2 is 1.70 bits per heavy atom. The van der Waals surface area contributed by atoms with E-state index in [4.69, 9.17) is 11.6 Å². The Morgan fingerprint density at radius 3 is 2.43 bits per heavy atom. The predicted octanol–water partition coefficient (Wildman–Crippen LogP) is 4.86. The minimum absolute atomic E-state index is 0.00625. The Bertz CT molecular complexity index is 1350. The van der Waals surface area contributed by atoms with Crippen molar-refractivity contribution >= 4 is 35.3 Å². The molecule has 6 rings (SSSR count). The van der Waals surface area contributed by atoms with Crippen molar-refractivity contribution in [3.63, 3.8) is 0 Å². The van der Waals surface area contributed by atoms with E-state index in [0.29, 0.717) is 49.8 Å². The second-order valence-electron chi connectivity index (χ2n) is 13.0. The van der Waals surface area contributed by atoms with E-state index in [1.165, 1.54) is 12.8 Å². The number of nitrogens with one attached hydrogen (secondary N) is 3. The summed E-state index contributed by atoms with van der Waals surface area (Å²) in [4.78, 5) is 46.0. The van der Waals surface area contributed by atoms with Crippen LogP contribution in [0.1, 0.15) is 55.2 Å². The van der Waals surface area contributed by atoms with Crippen molar-refractivity contribution in [1.82, 2.24) is 25.3 Å². The first-order chi connectivity index (χ1) is 21.4. The van der Waals surface area contributed by atoms with Gasteiger partial charge in [0.15, 0.2) is 6.04 Å². The van der Waals surface area contributed by atoms with Gasteiger partial charge in [-0.15, -0.1) is 4.90 Å². The van der Waals surface area contributed by atoms with Crippen LogP contribution in [0, 0.1) is 18.8 Å². The Hall–Kier alpha value is -3.14. The molecule has 5 amide bonds. The van der Waals surface area contributed by atoms with Gasteiger partial charge in [0.2, 0.25) is 0 Å². The van der Waals surface area contributed by atoms with Crippen LogP contribution in [0.2, 0.25) is 5.02 Å². The number of carbonyl (C=O) groups is 3. The van der Waals surface area contributed by atoms with Gasteiger partial charge < -0.3 is 25.8 Å². The minimum atomic E-state index is -0.652. The molecule has 0 aromatic heterocycles. The number of piperidine rings is 3. The highest BCUT2D eigenvalue weighted by Gasteiger charge is 2.41. The summed E-state index contributed by atoms with van der Waals surface area (Å²) in [7, 11) is 0. The highest BCUT2D eigenvalue weighted by atomic mass is 35.5. The third-order valence-electron chi connectivity index (χ3n) is 10.2. The lowest BCUT2D eigenvalue weighted by Gasteiger charge is -2.40. The number of rotatable bonds is 6. The van der Waals surface area contributed by atoms with E-state index in [1.54, 1.807) is 4.90 Å². The predicted molar refractivity (Wildman–Crippen MR) is 173 cm³/mol. The van der Waals surface area contributed by atoms with E-state index in [-0.39, 0.29) is 24.0 Å². The number of urea groups is 2. The lowest BCUT2D eigenvalue weighted by Crippen LogP contribution is -2.58. The van der Waals surface area contributed by atoms with Crippen molar-refractivity contribution in [3.8, 4) is 0 Å². The number of likely N-dealkylation sites (tertiary alicyclic amines) is 2. The van der Waals surface area contributed by atoms with Crippen molar-refractivity contribution < 1.29 is 14.4 Å². The molecule has 10 heteroatoms. The summed E-state index contributed by atoms with van der Waals surface area (Å²) in [6.07, 6.45) is 6.31. The molecule has 4 aliphatic rings. The maximum absolute atomic E-state index is 14.0. The number of aryl methyl sites for hydroxylation is 1. The summed E-state index contributed by atoms with van der Waals surface area (Å²) >= 11 is 6.28. The smallest absolute Gasteiger partial charge is 0.325 e. The van der Waals surface area contributed by atoms with Crippen LogP contribution in [0.4, 0.5) is 15.3 Å². The van der Waals surface area contributed by atoms with E-state index in [9.17, 15) is 14.4 Å². The topological polar surface area (TPSA) is 99.7 Å². The molecule has 1 radical (unpaired) electrons. The second-order valence-corrected chi connectivity index (χ2v) is 13.4. The molecule has 0 aliphatic carbocycles. The van der Waals surface area contributed by atoms with E-state index in [0.717, 1.165) is 67.3 Å². The van der Waals surface area contributed by atoms with Gasteiger partial charge in [-0.25, -0.2) is 14.4 Å². The monoisotopic (exact) mass is 620 g/mol. The lowest BCUT2D eigenvalue weighted by molar-refractivity contribution is -0.128. The van der Waals surface area contributed by atoms with Crippen molar-refractivity contribution in [3.05, 3.63) is 64.2 Å². The normalized spacial score (nSPS) is 21.5. The standard InChI is InChI=1S/C34H45ClN6O3/c1-23-20-24(6-7-29(23)35)21-31(32(42)39-16-10-26(11-17-39)25-8-14-36-15-9-25)38-33(43)40-18-12-28(13-19-40)41-22-27-4-2-3-5-30(27)37-34(41)44/h2-7,20,25-26,28,31,36H,8-19,21-22H2,1H3,(H,37,44)(H,38,43)/q+1. The average Bonchev–Trinajstić information content (AvgIpc) is 3.06. The summed E-state index contributed by atoms with van der Waals surface area (Å²) < 4.78 is 0. The van der Waals surface area contributed by atoms with Gasteiger partial charge in [-0.3, -0.25) is 0 Å². The second kappa shape index (κ2) is 13.9. The van der Waals surface area contributed by atoms with Crippen molar-refractivity contribution in [2.75, 3.05) is 44.6 Å². The molecule has 4 heterocycles. The molecular formula is C34H45ClN6O3+. The van der Waals surface area contributed by atoms with Crippen LogP contribution in [0.15, 0.2) is 42.5 Å². The van der Waals surface area contributed by atoms with Gasteiger partial charge in [-0.05, 0) is 86.4 Å². The molecule has 4 aliphatic heterocycles. The van der Waals surface area contributed by atoms with Gasteiger partial charge in [-0.2, -0.15) is 0 Å².